The molecule has 2 saturated heterocycles. The summed E-state index contributed by atoms with van der Waals surface area (Å²) in [4.78, 5) is 43.2. The first-order valence-corrected chi connectivity index (χ1v) is 14.3. The second-order valence-electron chi connectivity index (χ2n) is 10.9. The summed E-state index contributed by atoms with van der Waals surface area (Å²) < 4.78 is 12.1. The van der Waals surface area contributed by atoms with Gasteiger partial charge in [0.1, 0.15) is 11.6 Å². The van der Waals surface area contributed by atoms with Gasteiger partial charge in [-0.3, -0.25) is 14.4 Å². The van der Waals surface area contributed by atoms with Gasteiger partial charge in [0.25, 0.3) is 0 Å². The van der Waals surface area contributed by atoms with Crippen LogP contribution >= 0.6 is 23.2 Å². The van der Waals surface area contributed by atoms with Crippen LogP contribution < -0.4 is 10.6 Å². The van der Waals surface area contributed by atoms with E-state index in [-0.39, 0.29) is 23.8 Å². The summed E-state index contributed by atoms with van der Waals surface area (Å²) in [6.45, 7) is 5.12. The van der Waals surface area contributed by atoms with Gasteiger partial charge < -0.3 is 25.0 Å². The van der Waals surface area contributed by atoms with Crippen molar-refractivity contribution in [3.05, 3.63) is 40.4 Å². The molecular weight excluding hydrogens is 529 g/mol. The van der Waals surface area contributed by atoms with Crippen molar-refractivity contribution in [2.45, 2.75) is 75.7 Å². The molecule has 38 heavy (non-hydrogen) atoms. The van der Waals surface area contributed by atoms with Crippen molar-refractivity contribution in [3.63, 3.8) is 0 Å². The van der Waals surface area contributed by atoms with E-state index < -0.39 is 29.1 Å². The highest BCUT2D eigenvalue weighted by Gasteiger charge is 2.76. The van der Waals surface area contributed by atoms with Crippen LogP contribution in [0.3, 0.4) is 0 Å². The molecule has 206 valence electrons. The van der Waals surface area contributed by atoms with E-state index in [1.54, 1.807) is 30.0 Å². The van der Waals surface area contributed by atoms with Crippen molar-refractivity contribution in [2.24, 2.45) is 11.8 Å². The zero-order valence-electron chi connectivity index (χ0n) is 21.8. The van der Waals surface area contributed by atoms with Crippen LogP contribution in [0.1, 0.15) is 52.4 Å². The monoisotopic (exact) mass is 563 g/mol. The highest BCUT2D eigenvalue weighted by molar-refractivity contribution is 6.42. The second-order valence-corrected chi connectivity index (χ2v) is 11.7. The molecule has 1 aromatic carbocycles. The van der Waals surface area contributed by atoms with Gasteiger partial charge in [0.05, 0.1) is 27.5 Å². The van der Waals surface area contributed by atoms with Crippen LogP contribution in [0.25, 0.3) is 0 Å². The normalized spacial score (nSPS) is 32.1. The van der Waals surface area contributed by atoms with Gasteiger partial charge in [-0.2, -0.15) is 0 Å². The molecule has 1 aliphatic carbocycles. The van der Waals surface area contributed by atoms with Gasteiger partial charge in [0, 0.05) is 31.5 Å². The van der Waals surface area contributed by atoms with Crippen molar-refractivity contribution in [1.82, 2.24) is 10.2 Å². The van der Waals surface area contributed by atoms with E-state index >= 15 is 0 Å². The van der Waals surface area contributed by atoms with Crippen LogP contribution in [0.5, 0.6) is 0 Å². The van der Waals surface area contributed by atoms with Gasteiger partial charge in [-0.15, -0.1) is 0 Å². The smallest absolute Gasteiger partial charge is 0.246 e. The number of carbonyl (C=O) groups is 3. The van der Waals surface area contributed by atoms with E-state index in [0.29, 0.717) is 41.9 Å². The summed E-state index contributed by atoms with van der Waals surface area (Å²) >= 11 is 12.2. The number of halogens is 2. The third-order valence-electron chi connectivity index (χ3n) is 8.36. The second kappa shape index (κ2) is 10.8. The summed E-state index contributed by atoms with van der Waals surface area (Å²) in [5, 5.41) is 6.78. The molecule has 3 heterocycles. The third kappa shape index (κ3) is 4.74. The number of nitrogens with zero attached hydrogens (tertiary/aromatic N) is 1. The highest BCUT2D eigenvalue weighted by Crippen LogP contribution is 2.59. The Morgan fingerprint density at radius 3 is 2.61 bits per heavy atom. The minimum atomic E-state index is -1.21. The van der Waals surface area contributed by atoms with Crippen LogP contribution in [-0.4, -0.2) is 65.7 Å². The maximum absolute atomic E-state index is 14.0. The molecule has 4 aliphatic rings. The quantitative estimate of drug-likeness (QED) is 0.344. The zero-order chi connectivity index (χ0) is 27.1. The number of amides is 3. The molecule has 10 heteroatoms. The van der Waals surface area contributed by atoms with Crippen LogP contribution in [0.4, 0.5) is 5.69 Å². The predicted molar refractivity (Wildman–Crippen MR) is 145 cm³/mol. The molecule has 1 spiro atoms. The third-order valence-corrected chi connectivity index (χ3v) is 9.10. The lowest BCUT2D eigenvalue weighted by atomic mass is 9.70. The van der Waals surface area contributed by atoms with Crippen LogP contribution in [0.15, 0.2) is 30.4 Å². The Balaban J connectivity index is 1.44. The molecule has 3 fully saturated rings. The zero-order valence-corrected chi connectivity index (χ0v) is 23.3. The first-order valence-electron chi connectivity index (χ1n) is 13.6. The summed E-state index contributed by atoms with van der Waals surface area (Å²) in [5.74, 6) is -2.47. The van der Waals surface area contributed by atoms with Crippen molar-refractivity contribution in [2.75, 3.05) is 25.1 Å². The molecule has 2 bridgehead atoms. The molecule has 0 radical (unpaired) electrons. The Morgan fingerprint density at radius 2 is 1.89 bits per heavy atom. The summed E-state index contributed by atoms with van der Waals surface area (Å²) in [6, 6.07) is 4.06. The molecule has 5 atom stereocenters. The van der Waals surface area contributed by atoms with Crippen LogP contribution in [0, 0.1) is 11.8 Å². The number of hydrogen-bond donors (Lipinski definition) is 2. The van der Waals surface area contributed by atoms with Gasteiger partial charge in [0.2, 0.25) is 17.7 Å². The summed E-state index contributed by atoms with van der Waals surface area (Å²) in [6.07, 6.45) is 9.43. The first-order chi connectivity index (χ1) is 18.2. The minimum absolute atomic E-state index is 0.0824. The standard InChI is InChI=1S/C28H35Cl2N3O5/c1-3-37-15-7-14-33-23(25(35)31-17-8-5-4-6-9-17)28-13-12-27(2,38-28)21(22(28)26(33)36)24(34)32-18-10-11-19(29)20(30)16-18/h10-13,16-17,21-23H,3-9,14-15H2,1-2H3,(H,31,35)(H,32,34). The average Bonchev–Trinajstić information content (AvgIpc) is 3.45. The molecule has 1 aromatic rings. The molecule has 3 amide bonds. The Kier molecular flexibility index (Phi) is 7.80. The molecule has 3 aliphatic heterocycles. The first kappa shape index (κ1) is 27.4. The van der Waals surface area contributed by atoms with Gasteiger partial charge >= 0.3 is 0 Å². The van der Waals surface area contributed by atoms with Gasteiger partial charge in [-0.25, -0.2) is 0 Å². The maximum atomic E-state index is 14.0. The lowest BCUT2D eigenvalue weighted by Gasteiger charge is -2.34. The van der Waals surface area contributed by atoms with Gasteiger partial charge in [-0.05, 0) is 51.3 Å². The largest absolute Gasteiger partial charge is 0.382 e. The average molecular weight is 565 g/mol. The number of rotatable bonds is 9. The fourth-order valence-corrected chi connectivity index (χ4v) is 6.97. The molecule has 5 unspecified atom stereocenters. The van der Waals surface area contributed by atoms with E-state index in [0.717, 1.165) is 25.7 Å². The number of nitrogens with one attached hydrogen (secondary N) is 2. The number of ether oxygens (including phenoxy) is 2. The molecule has 2 N–H and O–H groups in total. The molecule has 1 saturated carbocycles. The number of hydrogen-bond acceptors (Lipinski definition) is 5. The number of fused-ring (bicyclic) bond motifs is 1. The van der Waals surface area contributed by atoms with E-state index in [4.69, 9.17) is 32.7 Å². The van der Waals surface area contributed by atoms with Gasteiger partial charge in [-0.1, -0.05) is 54.6 Å². The lowest BCUT2D eigenvalue weighted by Crippen LogP contribution is -2.56. The van der Waals surface area contributed by atoms with Crippen molar-refractivity contribution < 1.29 is 23.9 Å². The molecule has 5 rings (SSSR count). The number of likely N-dealkylation sites (tertiary alicyclic amines) is 1. The molecule has 0 aromatic heterocycles. The van der Waals surface area contributed by atoms with Crippen LogP contribution in [-0.2, 0) is 23.9 Å². The van der Waals surface area contributed by atoms with E-state index in [9.17, 15) is 14.4 Å². The Labute approximate surface area is 233 Å². The van der Waals surface area contributed by atoms with Crippen molar-refractivity contribution >= 4 is 46.6 Å². The van der Waals surface area contributed by atoms with Crippen LogP contribution in [0.2, 0.25) is 10.0 Å². The molecular formula is C28H35Cl2N3O5. The highest BCUT2D eigenvalue weighted by atomic mass is 35.5. The predicted octanol–water partition coefficient (Wildman–Crippen LogP) is 4.35. The summed E-state index contributed by atoms with van der Waals surface area (Å²) in [7, 11) is 0. The Morgan fingerprint density at radius 1 is 1.13 bits per heavy atom. The van der Waals surface area contributed by atoms with Crippen molar-refractivity contribution in [1.29, 1.82) is 0 Å². The van der Waals surface area contributed by atoms with Gasteiger partial charge in [0.15, 0.2) is 0 Å². The molecule has 8 nitrogen and oxygen atoms in total. The minimum Gasteiger partial charge on any atom is -0.382 e. The maximum Gasteiger partial charge on any atom is 0.246 e. The fraction of sp³-hybridized carbons (Fsp3) is 0.607. The Bertz CT molecular complexity index is 1140. The van der Waals surface area contributed by atoms with E-state index in [1.165, 1.54) is 6.42 Å². The summed E-state index contributed by atoms with van der Waals surface area (Å²) in [5.41, 5.74) is -1.77. The SMILES string of the molecule is CCOCCCN1C(=O)C2C(C(=O)Nc3ccc(Cl)c(Cl)c3)C3(C)C=CC2(O3)C1C(=O)NC1CCCCC1. The number of carbonyl (C=O) groups excluding carboxylic acids is 3. The number of anilines is 1. The topological polar surface area (TPSA) is 97.0 Å². The van der Waals surface area contributed by atoms with Crippen molar-refractivity contribution in [3.8, 4) is 0 Å². The van der Waals surface area contributed by atoms with E-state index in [2.05, 4.69) is 10.6 Å². The number of benzene rings is 1. The Hall–Kier alpha value is -2.13. The van der Waals surface area contributed by atoms with E-state index in [1.807, 2.05) is 19.1 Å². The lowest BCUT2D eigenvalue weighted by molar-refractivity contribution is -0.144. The fourth-order valence-electron chi connectivity index (χ4n) is 6.67.